The van der Waals surface area contributed by atoms with Crippen LogP contribution < -0.4 is 0 Å². The quantitative estimate of drug-likeness (QED) is 0.224. The number of carboxylic acid groups (broad SMARTS) is 2. The molecule has 8 saturated carbocycles. The van der Waals surface area contributed by atoms with Crippen LogP contribution in [0.25, 0.3) is 0 Å². The summed E-state index contributed by atoms with van der Waals surface area (Å²) < 4.78 is 0. The normalized spacial score (nSPS) is 49.1. The molecule has 0 aromatic carbocycles. The van der Waals surface area contributed by atoms with Crippen molar-refractivity contribution in [2.45, 2.75) is 183 Å². The second kappa shape index (κ2) is 15.7. The van der Waals surface area contributed by atoms with Gasteiger partial charge in [-0.1, -0.05) is 54.9 Å². The zero-order chi connectivity index (χ0) is 40.5. The lowest BCUT2D eigenvalue weighted by Crippen LogP contribution is -2.57. The Balaban J connectivity index is 0.000000172. The number of fused-ring (bicyclic) bond motifs is 10. The summed E-state index contributed by atoms with van der Waals surface area (Å²) in [6.07, 6.45) is 19.4. The van der Waals surface area contributed by atoms with Crippen molar-refractivity contribution in [1.82, 2.24) is 0 Å². The largest absolute Gasteiger partial charge is 0.481 e. The Bertz CT molecular complexity index is 1400. The average molecular weight is 779 g/mol. The van der Waals surface area contributed by atoms with Crippen molar-refractivity contribution in [1.29, 1.82) is 0 Å². The Morgan fingerprint density at radius 1 is 0.589 bits per heavy atom. The number of carbonyl (C=O) groups excluding carboxylic acids is 2. The number of aliphatic carboxylic acids is 2. The van der Waals surface area contributed by atoms with Crippen LogP contribution in [-0.2, 0) is 19.2 Å². The van der Waals surface area contributed by atoms with Gasteiger partial charge in [-0.05, 0) is 183 Å². The topological polar surface area (TPSA) is 129 Å². The molecular formula is C49H78O7. The second-order valence-corrected chi connectivity index (χ2v) is 22.8. The van der Waals surface area contributed by atoms with Gasteiger partial charge in [-0.25, -0.2) is 0 Å². The predicted octanol–water partition coefficient (Wildman–Crippen LogP) is 10.6. The van der Waals surface area contributed by atoms with Crippen LogP contribution in [0.5, 0.6) is 0 Å². The minimum Gasteiger partial charge on any atom is -0.481 e. The fourth-order valence-corrected chi connectivity index (χ4v) is 17.1. The number of ketones is 2. The van der Waals surface area contributed by atoms with Gasteiger partial charge in [0, 0.05) is 37.5 Å². The fourth-order valence-electron chi connectivity index (χ4n) is 17.1. The standard InChI is InChI=1S/C25H40O3.C24H38O4/c1-15-9-11-24(3)17(13-15)14-21(26)23-19-7-6-18(16(2)5-8-22(27)28)25(19,4)12-10-20(23)24;1-14(4-7-21(27)28)17-5-6-18-22-19(9-11-24(17,18)3)23(2)10-8-16(25)12-15(23)13-20(22)26/h15-20,23H,5-14H2,1-4H3,(H,27,28);14-19,22,25H,4-13H2,1-3H3,(H,27,28)/t15-,16-,17+,18-,19+,20+,23+,24+,25-;14-,15+,16-,17-,18+,19+,22+,23+,24-/m11/s1. The van der Waals surface area contributed by atoms with Crippen LogP contribution in [0.3, 0.4) is 0 Å². The number of hydrogen-bond acceptors (Lipinski definition) is 5. The smallest absolute Gasteiger partial charge is 0.303 e. The van der Waals surface area contributed by atoms with Crippen molar-refractivity contribution >= 4 is 23.5 Å². The molecule has 0 radical (unpaired) electrons. The molecule has 18 atom stereocenters. The van der Waals surface area contributed by atoms with E-state index in [0.29, 0.717) is 82.6 Å². The summed E-state index contributed by atoms with van der Waals surface area (Å²) in [4.78, 5) is 48.9. The van der Waals surface area contributed by atoms with Crippen molar-refractivity contribution < 1.29 is 34.5 Å². The van der Waals surface area contributed by atoms with E-state index >= 15 is 0 Å². The van der Waals surface area contributed by atoms with Gasteiger partial charge in [0.15, 0.2) is 0 Å². The number of Topliss-reactive ketones (excluding diaryl/α,β-unsaturated/α-hetero) is 2. The van der Waals surface area contributed by atoms with E-state index in [2.05, 4.69) is 48.5 Å². The monoisotopic (exact) mass is 779 g/mol. The Labute approximate surface area is 338 Å². The summed E-state index contributed by atoms with van der Waals surface area (Å²) >= 11 is 0. The number of hydrogen-bond donors (Lipinski definition) is 3. The van der Waals surface area contributed by atoms with Gasteiger partial charge < -0.3 is 15.3 Å². The van der Waals surface area contributed by atoms with Crippen molar-refractivity contribution in [2.24, 2.45) is 98.6 Å². The minimum atomic E-state index is -0.698. The Hall–Kier alpha value is -1.76. The van der Waals surface area contributed by atoms with Gasteiger partial charge in [0.05, 0.1) is 6.10 Å². The molecule has 0 aromatic heterocycles. The first-order valence-corrected chi connectivity index (χ1v) is 23.5. The Morgan fingerprint density at radius 3 is 1.43 bits per heavy atom. The number of aliphatic hydroxyl groups is 1. The molecule has 7 heteroatoms. The van der Waals surface area contributed by atoms with E-state index in [-0.39, 0.29) is 47.0 Å². The lowest BCUT2D eigenvalue weighted by atomic mass is 9.43. The maximum atomic E-state index is 13.4. The van der Waals surface area contributed by atoms with Crippen molar-refractivity contribution in [3.63, 3.8) is 0 Å². The number of rotatable bonds is 8. The molecule has 0 spiro atoms. The minimum absolute atomic E-state index is 0.187. The van der Waals surface area contributed by atoms with Gasteiger partial charge in [-0.2, -0.15) is 0 Å². The zero-order valence-corrected chi connectivity index (χ0v) is 36.2. The summed E-state index contributed by atoms with van der Waals surface area (Å²) in [5, 5.41) is 28.4. The van der Waals surface area contributed by atoms with E-state index in [1.165, 1.54) is 51.4 Å². The molecule has 8 aliphatic rings. The number of aliphatic hydroxyl groups excluding tert-OH is 1. The van der Waals surface area contributed by atoms with Crippen LogP contribution in [0.2, 0.25) is 0 Å². The van der Waals surface area contributed by atoms with Crippen LogP contribution in [0.4, 0.5) is 0 Å². The highest BCUT2D eigenvalue weighted by atomic mass is 16.4. The summed E-state index contributed by atoms with van der Waals surface area (Å²) in [5.74, 6) is 5.98. The van der Waals surface area contributed by atoms with Crippen LogP contribution in [-0.4, -0.2) is 44.9 Å². The molecule has 3 N–H and O–H groups in total. The Kier molecular flexibility index (Phi) is 11.9. The molecule has 316 valence electrons. The van der Waals surface area contributed by atoms with Gasteiger partial charge in [0.1, 0.15) is 11.6 Å². The molecule has 0 saturated heterocycles. The molecule has 7 nitrogen and oxygen atoms in total. The Morgan fingerprint density at radius 2 is 0.982 bits per heavy atom. The van der Waals surface area contributed by atoms with E-state index in [0.717, 1.165) is 63.7 Å². The molecular weight excluding hydrogens is 701 g/mol. The van der Waals surface area contributed by atoms with Crippen LogP contribution >= 0.6 is 0 Å². The lowest BCUT2D eigenvalue weighted by Gasteiger charge is -2.60. The number of carbonyl (C=O) groups is 4. The zero-order valence-electron chi connectivity index (χ0n) is 36.2. The molecule has 0 unspecified atom stereocenters. The molecule has 0 heterocycles. The summed E-state index contributed by atoms with van der Waals surface area (Å²) in [6.45, 7) is 16.7. The van der Waals surface area contributed by atoms with Gasteiger partial charge in [0.25, 0.3) is 0 Å². The molecule has 0 bridgehead atoms. The molecule has 0 aromatic rings. The van der Waals surface area contributed by atoms with Crippen LogP contribution in [0.15, 0.2) is 0 Å². The van der Waals surface area contributed by atoms with E-state index in [1.54, 1.807) is 0 Å². The van der Waals surface area contributed by atoms with E-state index in [4.69, 9.17) is 10.2 Å². The molecule has 0 aliphatic heterocycles. The molecule has 0 amide bonds. The average Bonchev–Trinajstić information content (AvgIpc) is 3.68. The van der Waals surface area contributed by atoms with Crippen LogP contribution in [0.1, 0.15) is 177 Å². The third kappa shape index (κ3) is 7.18. The van der Waals surface area contributed by atoms with E-state index in [9.17, 15) is 24.3 Å². The van der Waals surface area contributed by atoms with E-state index in [1.807, 2.05) is 0 Å². The van der Waals surface area contributed by atoms with Crippen molar-refractivity contribution in [3.8, 4) is 0 Å². The van der Waals surface area contributed by atoms with Crippen LogP contribution in [0, 0.1) is 98.6 Å². The van der Waals surface area contributed by atoms with Gasteiger partial charge in [-0.3, -0.25) is 19.2 Å². The predicted molar refractivity (Wildman–Crippen MR) is 218 cm³/mol. The highest BCUT2D eigenvalue weighted by molar-refractivity contribution is 5.84. The van der Waals surface area contributed by atoms with Crippen molar-refractivity contribution in [3.05, 3.63) is 0 Å². The first-order valence-electron chi connectivity index (χ1n) is 23.5. The molecule has 8 rings (SSSR count). The first kappa shape index (κ1) is 42.4. The lowest BCUT2D eigenvalue weighted by molar-refractivity contribution is -0.161. The van der Waals surface area contributed by atoms with Crippen molar-refractivity contribution in [2.75, 3.05) is 0 Å². The highest BCUT2D eigenvalue weighted by Gasteiger charge is 2.64. The van der Waals surface area contributed by atoms with Gasteiger partial charge in [-0.15, -0.1) is 0 Å². The summed E-state index contributed by atoms with van der Waals surface area (Å²) in [5.41, 5.74) is 1.01. The maximum absolute atomic E-state index is 13.4. The fraction of sp³-hybridized carbons (Fsp3) is 0.918. The summed E-state index contributed by atoms with van der Waals surface area (Å²) in [7, 11) is 0. The second-order valence-electron chi connectivity index (χ2n) is 22.8. The first-order chi connectivity index (χ1) is 26.3. The third-order valence-electron chi connectivity index (χ3n) is 20.3. The van der Waals surface area contributed by atoms with E-state index < -0.39 is 11.9 Å². The van der Waals surface area contributed by atoms with Gasteiger partial charge in [0.2, 0.25) is 0 Å². The SMILES string of the molecule is C[C@@H]1CC[C@@]2(C)[C@H](CC(=O)[C@@H]3[C@@H]2CC[C@]2(C)[C@@H]([C@H](C)CCC(=O)O)CC[C@@H]32)C1.C[C@H](CCC(=O)O)[C@H]1CC[C@H]2[C@@H]3C(=O)C[C@@H]4C[C@H](O)CC[C@]4(C)[C@H]3CC[C@]12C. The molecule has 56 heavy (non-hydrogen) atoms. The third-order valence-corrected chi connectivity index (χ3v) is 20.3. The highest BCUT2D eigenvalue weighted by Crippen LogP contribution is 2.69. The molecule has 8 fully saturated rings. The maximum Gasteiger partial charge on any atom is 0.303 e. The van der Waals surface area contributed by atoms with Gasteiger partial charge >= 0.3 is 11.9 Å². The number of carboxylic acids is 2. The molecule has 8 aliphatic carbocycles. The summed E-state index contributed by atoms with van der Waals surface area (Å²) in [6, 6.07) is 0.